The van der Waals surface area contributed by atoms with Crippen molar-refractivity contribution in [1.82, 2.24) is 15.3 Å². The lowest BCUT2D eigenvalue weighted by atomic mass is 10.1. The third-order valence-electron chi connectivity index (χ3n) is 6.70. The molecule has 4 rings (SSSR count). The average molecular weight is 592 g/mol. The molecule has 2 aromatic carbocycles. The molecule has 0 atom stereocenters. The molecule has 0 aliphatic carbocycles. The van der Waals surface area contributed by atoms with Crippen molar-refractivity contribution in [3.63, 3.8) is 0 Å². The highest BCUT2D eigenvalue weighted by Gasteiger charge is 2.31. The Morgan fingerprint density at radius 1 is 0.975 bits per heavy atom. The lowest BCUT2D eigenvalue weighted by Gasteiger charge is -2.37. The number of carbonyl (C=O) groups excluding carboxylic acids is 1. The zero-order valence-corrected chi connectivity index (χ0v) is 24.0. The second-order valence-corrected chi connectivity index (χ2v) is 11.0. The Kier molecular flexibility index (Phi) is 10.6. The van der Waals surface area contributed by atoms with Crippen LogP contribution in [0.5, 0.6) is 0 Å². The van der Waals surface area contributed by atoms with Crippen LogP contribution in [0.25, 0.3) is 0 Å². The standard InChI is InChI=1S/C29H33ClF3N5OS/c1-2-3-4-5-13-34-27(39)22-11-9-21(10-12-22)20-40-28-35-25(30)19-26(36-28)38-16-14-37(15-17-38)24-8-6-7-23(18-24)29(31,32)33/h6-12,18-19H,2-5,13-17,20H2,1H3,(H,34,39). The minimum absolute atomic E-state index is 0.0633. The van der Waals surface area contributed by atoms with E-state index in [-0.39, 0.29) is 5.91 Å². The Labute approximate surface area is 242 Å². The van der Waals surface area contributed by atoms with E-state index in [4.69, 9.17) is 11.6 Å². The Hall–Kier alpha value is -2.98. The predicted molar refractivity (Wildman–Crippen MR) is 155 cm³/mol. The van der Waals surface area contributed by atoms with Crippen LogP contribution in [0, 0.1) is 0 Å². The van der Waals surface area contributed by atoms with Crippen LogP contribution < -0.4 is 15.1 Å². The topological polar surface area (TPSA) is 61.4 Å². The smallest absolute Gasteiger partial charge is 0.368 e. The number of benzene rings is 2. The largest absolute Gasteiger partial charge is 0.416 e. The minimum Gasteiger partial charge on any atom is -0.368 e. The summed E-state index contributed by atoms with van der Waals surface area (Å²) in [6, 6.07) is 14.6. The molecular weight excluding hydrogens is 559 g/mol. The SMILES string of the molecule is CCCCCCNC(=O)c1ccc(CSc2nc(Cl)cc(N3CCN(c4cccc(C(F)(F)F)c4)CC3)n2)cc1. The van der Waals surface area contributed by atoms with Gasteiger partial charge in [-0.2, -0.15) is 13.2 Å². The van der Waals surface area contributed by atoms with Crippen LogP contribution in [-0.2, 0) is 11.9 Å². The van der Waals surface area contributed by atoms with Crippen LogP contribution in [-0.4, -0.2) is 48.6 Å². The molecule has 1 fully saturated rings. The van der Waals surface area contributed by atoms with Crippen molar-refractivity contribution in [1.29, 1.82) is 0 Å². The van der Waals surface area contributed by atoms with E-state index in [1.807, 2.05) is 29.2 Å². The van der Waals surface area contributed by atoms with E-state index >= 15 is 0 Å². The van der Waals surface area contributed by atoms with E-state index in [9.17, 15) is 18.0 Å². The van der Waals surface area contributed by atoms with Gasteiger partial charge in [-0.05, 0) is 42.3 Å². The summed E-state index contributed by atoms with van der Waals surface area (Å²) in [6.45, 7) is 5.15. The minimum atomic E-state index is -4.37. The fourth-order valence-corrected chi connectivity index (χ4v) is 5.48. The van der Waals surface area contributed by atoms with Crippen LogP contribution in [0.1, 0.15) is 54.1 Å². The molecule has 214 valence electrons. The first kappa shape index (κ1) is 30.0. The number of nitrogens with one attached hydrogen (secondary N) is 1. The van der Waals surface area contributed by atoms with Gasteiger partial charge in [-0.15, -0.1) is 0 Å². The van der Waals surface area contributed by atoms with Gasteiger partial charge in [-0.25, -0.2) is 9.97 Å². The summed E-state index contributed by atoms with van der Waals surface area (Å²) in [7, 11) is 0. The van der Waals surface area contributed by atoms with Crippen LogP contribution in [0.3, 0.4) is 0 Å². The molecule has 0 spiro atoms. The summed E-state index contributed by atoms with van der Waals surface area (Å²) in [5, 5.41) is 3.84. The van der Waals surface area contributed by atoms with Gasteiger partial charge in [0.25, 0.3) is 5.91 Å². The molecule has 40 heavy (non-hydrogen) atoms. The van der Waals surface area contributed by atoms with Crippen LogP contribution in [0.4, 0.5) is 24.7 Å². The molecule has 1 saturated heterocycles. The maximum atomic E-state index is 13.1. The first-order valence-electron chi connectivity index (χ1n) is 13.4. The second kappa shape index (κ2) is 14.1. The summed E-state index contributed by atoms with van der Waals surface area (Å²) in [5.74, 6) is 1.24. The molecule has 1 aromatic heterocycles. The van der Waals surface area contributed by atoms with Crippen molar-refractivity contribution in [3.8, 4) is 0 Å². The maximum absolute atomic E-state index is 13.1. The number of carbonyl (C=O) groups is 1. The van der Waals surface area contributed by atoms with E-state index in [0.717, 1.165) is 24.5 Å². The van der Waals surface area contributed by atoms with Crippen LogP contribution >= 0.6 is 23.4 Å². The van der Waals surface area contributed by atoms with Crippen molar-refractivity contribution in [2.24, 2.45) is 0 Å². The first-order valence-corrected chi connectivity index (χ1v) is 14.8. The van der Waals surface area contributed by atoms with Gasteiger partial charge in [0.2, 0.25) is 0 Å². The summed E-state index contributed by atoms with van der Waals surface area (Å²) in [5.41, 5.74) is 1.58. The summed E-state index contributed by atoms with van der Waals surface area (Å²) in [4.78, 5) is 25.4. The number of aromatic nitrogens is 2. The van der Waals surface area contributed by atoms with Crippen LogP contribution in [0.2, 0.25) is 5.15 Å². The van der Waals surface area contributed by atoms with Crippen molar-refractivity contribution in [2.75, 3.05) is 42.5 Å². The first-order chi connectivity index (χ1) is 19.2. The van der Waals surface area contributed by atoms with E-state index in [0.29, 0.717) is 65.9 Å². The van der Waals surface area contributed by atoms with Gasteiger partial charge < -0.3 is 15.1 Å². The lowest BCUT2D eigenvalue weighted by Crippen LogP contribution is -2.47. The number of anilines is 2. The van der Waals surface area contributed by atoms with Crippen molar-refractivity contribution in [3.05, 3.63) is 76.4 Å². The van der Waals surface area contributed by atoms with Gasteiger partial charge in [0.15, 0.2) is 5.16 Å². The van der Waals surface area contributed by atoms with Gasteiger partial charge in [0.1, 0.15) is 11.0 Å². The predicted octanol–water partition coefficient (Wildman–Crippen LogP) is 7.08. The van der Waals surface area contributed by atoms with Crippen molar-refractivity contribution >= 4 is 40.8 Å². The van der Waals surface area contributed by atoms with Gasteiger partial charge in [-0.1, -0.05) is 67.7 Å². The molecule has 1 amide bonds. The molecule has 2 heterocycles. The number of halogens is 4. The third-order valence-corrected chi connectivity index (χ3v) is 7.82. The molecule has 0 radical (unpaired) electrons. The number of hydrogen-bond acceptors (Lipinski definition) is 6. The summed E-state index contributed by atoms with van der Waals surface area (Å²) >= 11 is 7.76. The van der Waals surface area contributed by atoms with Crippen molar-refractivity contribution in [2.45, 2.75) is 49.7 Å². The molecule has 1 N–H and O–H groups in total. The number of piperazine rings is 1. The molecule has 6 nitrogen and oxygen atoms in total. The normalized spacial score (nSPS) is 13.9. The number of rotatable bonds is 11. The highest BCUT2D eigenvalue weighted by Crippen LogP contribution is 2.32. The van der Waals surface area contributed by atoms with E-state index < -0.39 is 11.7 Å². The number of alkyl halides is 3. The lowest BCUT2D eigenvalue weighted by molar-refractivity contribution is -0.137. The summed E-state index contributed by atoms with van der Waals surface area (Å²) < 4.78 is 39.3. The number of nitrogens with zero attached hydrogens (tertiary/aromatic N) is 4. The van der Waals surface area contributed by atoms with E-state index in [1.54, 1.807) is 12.1 Å². The highest BCUT2D eigenvalue weighted by molar-refractivity contribution is 7.98. The molecular formula is C29H33ClF3N5OS. The van der Waals surface area contributed by atoms with Gasteiger partial charge >= 0.3 is 6.18 Å². The van der Waals surface area contributed by atoms with Gasteiger partial charge in [0, 0.05) is 55.8 Å². The fourth-order valence-electron chi connectivity index (χ4n) is 4.44. The highest BCUT2D eigenvalue weighted by atomic mass is 35.5. The molecule has 0 unspecified atom stereocenters. The van der Waals surface area contributed by atoms with Crippen LogP contribution in [0.15, 0.2) is 59.8 Å². The number of hydrogen-bond donors (Lipinski definition) is 1. The Balaban J connectivity index is 1.30. The Bertz CT molecular complexity index is 1270. The molecule has 11 heteroatoms. The third kappa shape index (κ3) is 8.51. The number of amides is 1. The Morgan fingerprint density at radius 3 is 2.40 bits per heavy atom. The van der Waals surface area contributed by atoms with Gasteiger partial charge in [-0.3, -0.25) is 4.79 Å². The molecule has 1 aliphatic heterocycles. The maximum Gasteiger partial charge on any atom is 0.416 e. The van der Waals surface area contributed by atoms with Gasteiger partial charge in [0.05, 0.1) is 5.56 Å². The summed E-state index contributed by atoms with van der Waals surface area (Å²) in [6.07, 6.45) is 0.0872. The average Bonchev–Trinajstić information content (AvgIpc) is 2.95. The molecule has 3 aromatic rings. The molecule has 1 aliphatic rings. The van der Waals surface area contributed by atoms with Crippen molar-refractivity contribution < 1.29 is 18.0 Å². The zero-order valence-electron chi connectivity index (χ0n) is 22.4. The monoisotopic (exact) mass is 591 g/mol. The fraction of sp³-hybridized carbons (Fsp3) is 0.414. The quantitative estimate of drug-likeness (QED) is 0.111. The Morgan fingerprint density at radius 2 is 1.70 bits per heavy atom. The second-order valence-electron chi connectivity index (χ2n) is 9.66. The molecule has 0 bridgehead atoms. The van der Waals surface area contributed by atoms with E-state index in [1.165, 1.54) is 36.7 Å². The number of thioether (sulfide) groups is 1. The molecule has 0 saturated carbocycles. The zero-order chi connectivity index (χ0) is 28.5. The van der Waals surface area contributed by atoms with E-state index in [2.05, 4.69) is 27.1 Å². The number of unbranched alkanes of at least 4 members (excludes halogenated alkanes) is 3.